The molecule has 0 aliphatic rings. The normalized spacial score (nSPS) is 10.4. The van der Waals surface area contributed by atoms with Crippen LogP contribution in [0.1, 0.15) is 12.0 Å². The van der Waals surface area contributed by atoms with Gasteiger partial charge in [0.05, 0.1) is 5.69 Å². The third-order valence-electron chi connectivity index (χ3n) is 3.01. The minimum Gasteiger partial charge on any atom is -0.325 e. The highest BCUT2D eigenvalue weighted by atomic mass is 32.2. The summed E-state index contributed by atoms with van der Waals surface area (Å²) >= 11 is 1.55. The number of carbonyl (C=O) groups excluding carboxylic acids is 1. The van der Waals surface area contributed by atoms with Crippen LogP contribution in [0.15, 0.2) is 47.4 Å². The summed E-state index contributed by atoms with van der Waals surface area (Å²) in [5.41, 5.74) is 1.36. The first-order valence-electron chi connectivity index (χ1n) is 6.47. The van der Waals surface area contributed by atoms with Crippen molar-refractivity contribution in [2.75, 3.05) is 11.6 Å². The zero-order valence-corrected chi connectivity index (χ0v) is 12.3. The quantitative estimate of drug-likeness (QED) is 0.836. The summed E-state index contributed by atoms with van der Waals surface area (Å²) in [5, 5.41) is 2.83. The van der Waals surface area contributed by atoms with Crippen LogP contribution in [0, 0.1) is 11.6 Å². The number of hydrogen-bond donors (Lipinski definition) is 1. The number of hydrogen-bond acceptors (Lipinski definition) is 2. The van der Waals surface area contributed by atoms with Crippen molar-refractivity contribution in [3.05, 3.63) is 59.7 Å². The molecule has 1 N–H and O–H groups in total. The van der Waals surface area contributed by atoms with Crippen molar-refractivity contribution in [1.82, 2.24) is 0 Å². The van der Waals surface area contributed by atoms with Gasteiger partial charge in [0.25, 0.3) is 0 Å². The van der Waals surface area contributed by atoms with Crippen molar-refractivity contribution < 1.29 is 13.6 Å². The molecule has 2 aromatic rings. The maximum atomic E-state index is 13.1. The number of benzene rings is 2. The van der Waals surface area contributed by atoms with Gasteiger partial charge in [-0.05, 0) is 42.5 Å². The monoisotopic (exact) mass is 307 g/mol. The van der Waals surface area contributed by atoms with Crippen LogP contribution >= 0.6 is 11.8 Å². The van der Waals surface area contributed by atoms with E-state index in [1.807, 2.05) is 30.5 Å². The Morgan fingerprint density at radius 1 is 1.14 bits per heavy atom. The minimum absolute atomic E-state index is 0.152. The Kier molecular flexibility index (Phi) is 5.33. The number of anilines is 1. The van der Waals surface area contributed by atoms with Gasteiger partial charge in [-0.15, -0.1) is 11.8 Å². The number of nitrogens with one attached hydrogen (secondary N) is 1. The number of halogens is 2. The Hall–Kier alpha value is -1.88. The zero-order valence-electron chi connectivity index (χ0n) is 11.5. The van der Waals surface area contributed by atoms with E-state index in [2.05, 4.69) is 5.32 Å². The summed E-state index contributed by atoms with van der Waals surface area (Å²) < 4.78 is 25.9. The molecule has 21 heavy (non-hydrogen) atoms. The van der Waals surface area contributed by atoms with Crippen LogP contribution in [0.25, 0.3) is 0 Å². The summed E-state index contributed by atoms with van der Waals surface area (Å²) in [6.45, 7) is 0. The third-order valence-corrected chi connectivity index (χ3v) is 3.80. The van der Waals surface area contributed by atoms with Gasteiger partial charge in [-0.2, -0.15) is 0 Å². The van der Waals surface area contributed by atoms with Gasteiger partial charge in [0.15, 0.2) is 11.6 Å². The Balaban J connectivity index is 1.94. The van der Waals surface area contributed by atoms with Crippen LogP contribution in [0.4, 0.5) is 14.5 Å². The molecule has 110 valence electrons. The maximum absolute atomic E-state index is 13.1. The summed E-state index contributed by atoms with van der Waals surface area (Å²) in [6.07, 6.45) is 2.52. The number of carbonyl (C=O) groups is 1. The second-order valence-electron chi connectivity index (χ2n) is 4.50. The average Bonchev–Trinajstić information content (AvgIpc) is 2.49. The predicted octanol–water partition coefficient (Wildman–Crippen LogP) is 4.26. The van der Waals surface area contributed by atoms with E-state index in [1.165, 1.54) is 6.07 Å². The number of amides is 1. The second kappa shape index (κ2) is 7.22. The Labute approximate surface area is 126 Å². The molecular weight excluding hydrogens is 292 g/mol. The molecule has 1 amide bonds. The SMILES string of the molecule is CSc1ccccc1NC(=O)CCc1ccc(F)c(F)c1. The van der Waals surface area contributed by atoms with Crippen LogP contribution in [0.3, 0.4) is 0 Å². The molecule has 0 unspecified atom stereocenters. The molecule has 0 spiro atoms. The molecule has 0 aliphatic carbocycles. The highest BCUT2D eigenvalue weighted by Crippen LogP contribution is 2.24. The molecule has 0 heterocycles. The van der Waals surface area contributed by atoms with E-state index in [0.717, 1.165) is 22.7 Å². The summed E-state index contributed by atoms with van der Waals surface area (Å²) in [5.74, 6) is -1.92. The molecule has 5 heteroatoms. The molecule has 0 aliphatic heterocycles. The van der Waals surface area contributed by atoms with Crippen LogP contribution in [-0.2, 0) is 11.2 Å². The number of aryl methyl sites for hydroxylation is 1. The molecule has 0 saturated heterocycles. The summed E-state index contributed by atoms with van der Waals surface area (Å²) in [6, 6.07) is 11.2. The van der Waals surface area contributed by atoms with E-state index in [1.54, 1.807) is 11.8 Å². The van der Waals surface area contributed by atoms with Crippen molar-refractivity contribution in [2.24, 2.45) is 0 Å². The Morgan fingerprint density at radius 2 is 1.90 bits per heavy atom. The fourth-order valence-electron chi connectivity index (χ4n) is 1.91. The van der Waals surface area contributed by atoms with Gasteiger partial charge in [0.1, 0.15) is 0 Å². The largest absolute Gasteiger partial charge is 0.325 e. The second-order valence-corrected chi connectivity index (χ2v) is 5.34. The van der Waals surface area contributed by atoms with Crippen LogP contribution < -0.4 is 5.32 Å². The summed E-state index contributed by atoms with van der Waals surface area (Å²) in [4.78, 5) is 12.9. The van der Waals surface area contributed by atoms with E-state index in [4.69, 9.17) is 0 Å². The standard InChI is InChI=1S/C16H15F2NOS/c1-21-15-5-3-2-4-14(15)19-16(20)9-7-11-6-8-12(17)13(18)10-11/h2-6,8,10H,7,9H2,1H3,(H,19,20). The predicted molar refractivity (Wildman–Crippen MR) is 81.5 cm³/mol. The zero-order chi connectivity index (χ0) is 15.2. The fraction of sp³-hybridized carbons (Fsp3) is 0.188. The number of rotatable bonds is 5. The first-order valence-corrected chi connectivity index (χ1v) is 7.69. The van der Waals surface area contributed by atoms with Gasteiger partial charge in [-0.25, -0.2) is 8.78 Å². The third kappa shape index (κ3) is 4.29. The Morgan fingerprint density at radius 3 is 2.62 bits per heavy atom. The summed E-state index contributed by atoms with van der Waals surface area (Å²) in [7, 11) is 0. The van der Waals surface area contributed by atoms with Gasteiger partial charge in [-0.1, -0.05) is 18.2 Å². The van der Waals surface area contributed by atoms with Gasteiger partial charge in [0, 0.05) is 11.3 Å². The molecule has 2 aromatic carbocycles. The van der Waals surface area contributed by atoms with E-state index >= 15 is 0 Å². The Bertz CT molecular complexity index is 646. The van der Waals surface area contributed by atoms with E-state index in [9.17, 15) is 13.6 Å². The van der Waals surface area contributed by atoms with Crippen molar-refractivity contribution in [3.8, 4) is 0 Å². The van der Waals surface area contributed by atoms with Gasteiger partial charge >= 0.3 is 0 Å². The molecule has 2 nitrogen and oxygen atoms in total. The van der Waals surface area contributed by atoms with Gasteiger partial charge in [-0.3, -0.25) is 4.79 Å². The van der Waals surface area contributed by atoms with Crippen LogP contribution in [0.5, 0.6) is 0 Å². The van der Waals surface area contributed by atoms with Crippen molar-refractivity contribution in [3.63, 3.8) is 0 Å². The highest BCUT2D eigenvalue weighted by molar-refractivity contribution is 7.98. The topological polar surface area (TPSA) is 29.1 Å². The first-order chi connectivity index (χ1) is 10.1. The lowest BCUT2D eigenvalue weighted by Gasteiger charge is -2.09. The van der Waals surface area contributed by atoms with Gasteiger partial charge in [0.2, 0.25) is 5.91 Å². The molecule has 0 aromatic heterocycles. The van der Waals surface area contributed by atoms with E-state index < -0.39 is 11.6 Å². The van der Waals surface area contributed by atoms with Crippen molar-refractivity contribution in [2.45, 2.75) is 17.7 Å². The average molecular weight is 307 g/mol. The molecule has 2 rings (SSSR count). The maximum Gasteiger partial charge on any atom is 0.224 e. The minimum atomic E-state index is -0.888. The highest BCUT2D eigenvalue weighted by Gasteiger charge is 2.08. The van der Waals surface area contributed by atoms with Crippen molar-refractivity contribution >= 4 is 23.4 Å². The molecule has 0 saturated carbocycles. The molecule has 0 atom stereocenters. The van der Waals surface area contributed by atoms with E-state index in [0.29, 0.717) is 12.0 Å². The van der Waals surface area contributed by atoms with Crippen LogP contribution in [0.2, 0.25) is 0 Å². The fourth-order valence-corrected chi connectivity index (χ4v) is 2.47. The molecule has 0 radical (unpaired) electrons. The number of thioether (sulfide) groups is 1. The van der Waals surface area contributed by atoms with Gasteiger partial charge < -0.3 is 5.32 Å². The smallest absolute Gasteiger partial charge is 0.224 e. The lowest BCUT2D eigenvalue weighted by molar-refractivity contribution is -0.116. The van der Waals surface area contributed by atoms with Crippen LogP contribution in [-0.4, -0.2) is 12.2 Å². The molecule has 0 bridgehead atoms. The van der Waals surface area contributed by atoms with E-state index in [-0.39, 0.29) is 12.3 Å². The molecule has 0 fully saturated rings. The number of para-hydroxylation sites is 1. The lowest BCUT2D eigenvalue weighted by Crippen LogP contribution is -2.13. The molecular formula is C16H15F2NOS. The van der Waals surface area contributed by atoms with Crippen molar-refractivity contribution in [1.29, 1.82) is 0 Å². The first kappa shape index (κ1) is 15.5. The lowest BCUT2D eigenvalue weighted by atomic mass is 10.1.